The molecule has 3 aromatic rings. The number of carbonyl (C=O) groups is 2. The molecular formula is C31H36ClN5O7S. The van der Waals surface area contributed by atoms with Crippen LogP contribution in [0.1, 0.15) is 24.0 Å². The third kappa shape index (κ3) is 7.09. The Balaban J connectivity index is 1.33. The van der Waals surface area contributed by atoms with Gasteiger partial charge >= 0.3 is 11.7 Å². The molecule has 2 aromatic carbocycles. The first-order chi connectivity index (χ1) is 21.4. The summed E-state index contributed by atoms with van der Waals surface area (Å²) in [5.74, 6) is -0.00921. The Kier molecular flexibility index (Phi) is 9.40. The van der Waals surface area contributed by atoms with Crippen LogP contribution in [0.2, 0.25) is 5.02 Å². The van der Waals surface area contributed by atoms with Crippen molar-refractivity contribution in [2.45, 2.75) is 45.3 Å². The Morgan fingerprint density at radius 3 is 2.49 bits per heavy atom. The monoisotopic (exact) mass is 657 g/mol. The van der Waals surface area contributed by atoms with Crippen molar-refractivity contribution in [3.05, 3.63) is 79.6 Å². The van der Waals surface area contributed by atoms with Crippen LogP contribution in [0.25, 0.3) is 11.1 Å². The van der Waals surface area contributed by atoms with Gasteiger partial charge in [0.05, 0.1) is 18.4 Å². The molecule has 2 aliphatic heterocycles. The topological polar surface area (TPSA) is 140 Å². The van der Waals surface area contributed by atoms with Gasteiger partial charge in [-0.2, -0.15) is 0 Å². The summed E-state index contributed by atoms with van der Waals surface area (Å²) in [7, 11) is -1.88. The molecule has 14 heteroatoms. The molecular weight excluding hydrogens is 622 g/mol. The number of methoxy groups -OCH3 is 1. The zero-order chi connectivity index (χ0) is 32.5. The number of urea groups is 1. The Bertz CT molecular complexity index is 1860. The lowest BCUT2D eigenvalue weighted by atomic mass is 10.0. The average Bonchev–Trinajstić information content (AvgIpc) is 3.17. The highest BCUT2D eigenvalue weighted by molar-refractivity contribution is 7.90. The predicted octanol–water partition coefficient (Wildman–Crippen LogP) is 2.77. The summed E-state index contributed by atoms with van der Waals surface area (Å²) in [5, 5.41) is 3.41. The Labute approximate surface area is 266 Å². The third-order valence-corrected chi connectivity index (χ3v) is 9.81. The molecule has 0 saturated carbocycles. The molecule has 12 nitrogen and oxygen atoms in total. The molecule has 1 saturated heterocycles. The quantitative estimate of drug-likeness (QED) is 0.393. The summed E-state index contributed by atoms with van der Waals surface area (Å²) in [6.45, 7) is 2.35. The van der Waals surface area contributed by atoms with Crippen molar-refractivity contribution >= 4 is 39.1 Å². The lowest BCUT2D eigenvalue weighted by molar-refractivity contribution is -0.133. The maximum absolute atomic E-state index is 13.5. The number of aromatic nitrogens is 2. The number of rotatable bonds is 8. The fourth-order valence-corrected chi connectivity index (χ4v) is 6.57. The van der Waals surface area contributed by atoms with Gasteiger partial charge in [0.25, 0.3) is 5.56 Å². The second-order valence-electron chi connectivity index (χ2n) is 11.5. The highest BCUT2D eigenvalue weighted by Crippen LogP contribution is 2.28. The van der Waals surface area contributed by atoms with Gasteiger partial charge in [0.15, 0.2) is 0 Å². The molecule has 2 aliphatic rings. The van der Waals surface area contributed by atoms with E-state index in [9.17, 15) is 27.6 Å². The van der Waals surface area contributed by atoms with Crippen molar-refractivity contribution in [3.8, 4) is 16.9 Å². The second-order valence-corrected chi connectivity index (χ2v) is 14.1. The Morgan fingerprint density at radius 1 is 1.07 bits per heavy atom. The zero-order valence-corrected chi connectivity index (χ0v) is 27.0. The van der Waals surface area contributed by atoms with Gasteiger partial charge < -0.3 is 19.9 Å². The number of hydrogen-bond acceptors (Lipinski definition) is 7. The van der Waals surface area contributed by atoms with E-state index in [0.717, 1.165) is 32.4 Å². The number of halogens is 1. The van der Waals surface area contributed by atoms with E-state index in [1.807, 2.05) is 17.0 Å². The standard InChI is InChI=1S/C31H36ClN5O7S/c1-20-24(5-4-6-26(20)32)25-18-35(31(41)37(29(25)39)15-16-45(3,42)43)19-28(38)34-12-10-22(11-13-34)36-14-9-21-17-23(44-2)7-8-27(21)33-30(36)40/h4-8,17-18,22H,9-16,19H2,1-3H3,(H,33,40). The van der Waals surface area contributed by atoms with Crippen LogP contribution in [0.3, 0.4) is 0 Å². The molecule has 0 aliphatic carbocycles. The summed E-state index contributed by atoms with van der Waals surface area (Å²) in [6, 6.07) is 10.4. The van der Waals surface area contributed by atoms with E-state index < -0.39 is 26.8 Å². The number of ether oxygens (including phenoxy) is 1. The maximum Gasteiger partial charge on any atom is 0.331 e. The van der Waals surface area contributed by atoms with Gasteiger partial charge in [0, 0.05) is 55.4 Å². The van der Waals surface area contributed by atoms with Crippen LogP contribution in [0.15, 0.2) is 52.2 Å². The Morgan fingerprint density at radius 2 is 1.80 bits per heavy atom. The third-order valence-electron chi connectivity index (χ3n) is 8.48. The predicted molar refractivity (Wildman–Crippen MR) is 172 cm³/mol. The fraction of sp³-hybridized carbons (Fsp3) is 0.419. The van der Waals surface area contributed by atoms with Crippen LogP contribution in [-0.2, 0) is 34.1 Å². The number of nitrogens with one attached hydrogen (secondary N) is 1. The molecule has 0 unspecified atom stereocenters. The first-order valence-electron chi connectivity index (χ1n) is 14.7. The molecule has 45 heavy (non-hydrogen) atoms. The minimum absolute atomic E-state index is 0.0664. The SMILES string of the molecule is COc1ccc2c(c1)CCN(C1CCN(C(=O)Cn3cc(-c4cccc(Cl)c4C)c(=O)n(CCS(C)(=O)=O)c3=O)CC1)C(=O)N2. The van der Waals surface area contributed by atoms with Crippen LogP contribution >= 0.6 is 11.6 Å². The van der Waals surface area contributed by atoms with Crippen molar-refractivity contribution in [1.82, 2.24) is 18.9 Å². The highest BCUT2D eigenvalue weighted by atomic mass is 35.5. The van der Waals surface area contributed by atoms with Gasteiger partial charge in [-0.3, -0.25) is 18.7 Å². The minimum atomic E-state index is -3.48. The highest BCUT2D eigenvalue weighted by Gasteiger charge is 2.32. The molecule has 3 amide bonds. The van der Waals surface area contributed by atoms with E-state index in [-0.39, 0.29) is 36.6 Å². The maximum atomic E-state index is 13.5. The smallest absolute Gasteiger partial charge is 0.331 e. The van der Waals surface area contributed by atoms with Gasteiger partial charge in [0.1, 0.15) is 22.1 Å². The van der Waals surface area contributed by atoms with Crippen molar-refractivity contribution in [3.63, 3.8) is 0 Å². The van der Waals surface area contributed by atoms with E-state index >= 15 is 0 Å². The van der Waals surface area contributed by atoms with Crippen molar-refractivity contribution in [1.29, 1.82) is 0 Å². The van der Waals surface area contributed by atoms with E-state index in [1.54, 1.807) is 43.2 Å². The van der Waals surface area contributed by atoms with Crippen molar-refractivity contribution in [2.24, 2.45) is 0 Å². The number of benzene rings is 2. The van der Waals surface area contributed by atoms with E-state index in [1.165, 1.54) is 6.20 Å². The first kappa shape index (κ1) is 32.3. The van der Waals surface area contributed by atoms with Gasteiger partial charge in [0.2, 0.25) is 5.91 Å². The molecule has 0 bridgehead atoms. The fourth-order valence-electron chi connectivity index (χ4n) is 5.88. The van der Waals surface area contributed by atoms with Crippen LogP contribution in [-0.4, -0.2) is 84.1 Å². The number of amides is 3. The van der Waals surface area contributed by atoms with Gasteiger partial charge in [-0.05, 0) is 67.1 Å². The number of nitrogens with zero attached hydrogens (tertiary/aromatic N) is 4. The summed E-state index contributed by atoms with van der Waals surface area (Å²) in [6.07, 6.45) is 4.17. The van der Waals surface area contributed by atoms with Crippen LogP contribution in [0, 0.1) is 6.92 Å². The van der Waals surface area contributed by atoms with Crippen LogP contribution < -0.4 is 21.3 Å². The first-order valence-corrected chi connectivity index (χ1v) is 17.1. The number of carbonyl (C=O) groups excluding carboxylic acids is 2. The molecule has 1 aromatic heterocycles. The van der Waals surface area contributed by atoms with Crippen molar-refractivity contribution in [2.75, 3.05) is 44.1 Å². The summed E-state index contributed by atoms with van der Waals surface area (Å²) in [4.78, 5) is 56.8. The number of sulfone groups is 1. The lowest BCUT2D eigenvalue weighted by Crippen LogP contribution is -2.51. The largest absolute Gasteiger partial charge is 0.497 e. The molecule has 0 spiro atoms. The van der Waals surface area contributed by atoms with E-state index in [4.69, 9.17) is 16.3 Å². The molecule has 1 N–H and O–H groups in total. The normalized spacial score (nSPS) is 15.8. The Hall–Kier alpha value is -4.10. The number of likely N-dealkylation sites (tertiary alicyclic amines) is 1. The minimum Gasteiger partial charge on any atom is -0.497 e. The molecule has 0 atom stereocenters. The van der Waals surface area contributed by atoms with Gasteiger partial charge in [-0.1, -0.05) is 23.7 Å². The lowest BCUT2D eigenvalue weighted by Gasteiger charge is -2.38. The van der Waals surface area contributed by atoms with E-state index in [0.29, 0.717) is 55.0 Å². The van der Waals surface area contributed by atoms with Crippen molar-refractivity contribution < 1.29 is 22.7 Å². The van der Waals surface area contributed by atoms with Gasteiger partial charge in [-0.15, -0.1) is 0 Å². The molecule has 0 radical (unpaired) electrons. The summed E-state index contributed by atoms with van der Waals surface area (Å²) >= 11 is 6.30. The summed E-state index contributed by atoms with van der Waals surface area (Å²) < 4.78 is 31.1. The number of hydrogen-bond donors (Lipinski definition) is 1. The molecule has 5 rings (SSSR count). The molecule has 240 valence electrons. The molecule has 1 fully saturated rings. The van der Waals surface area contributed by atoms with Gasteiger partial charge in [-0.25, -0.2) is 18.0 Å². The summed E-state index contributed by atoms with van der Waals surface area (Å²) in [5.41, 5.74) is 1.56. The van der Waals surface area contributed by atoms with E-state index in [2.05, 4.69) is 5.32 Å². The zero-order valence-electron chi connectivity index (χ0n) is 25.4. The number of anilines is 1. The number of fused-ring (bicyclic) bond motifs is 1. The number of piperidine rings is 1. The van der Waals surface area contributed by atoms with Crippen LogP contribution in [0.5, 0.6) is 5.75 Å². The second kappa shape index (κ2) is 13.1. The average molecular weight is 658 g/mol. The van der Waals surface area contributed by atoms with Crippen LogP contribution in [0.4, 0.5) is 10.5 Å². The molecule has 3 heterocycles.